The molecule has 0 fully saturated rings. The molecule has 0 aromatic rings. The Balaban J connectivity index is 4.95. The first kappa shape index (κ1) is 21.7. The monoisotopic (exact) mass is 326 g/mol. The molecular formula is C19H34O4. The maximum absolute atomic E-state index is 12.6. The van der Waals surface area contributed by atoms with Crippen molar-refractivity contribution in [1.29, 1.82) is 0 Å². The molecule has 0 unspecified atom stereocenters. The van der Waals surface area contributed by atoms with Crippen LogP contribution in [0.4, 0.5) is 0 Å². The van der Waals surface area contributed by atoms with Crippen LogP contribution in [0.2, 0.25) is 0 Å². The van der Waals surface area contributed by atoms with Crippen LogP contribution < -0.4 is 0 Å². The third kappa shape index (κ3) is 6.76. The van der Waals surface area contributed by atoms with Gasteiger partial charge in [0.05, 0.1) is 13.2 Å². The summed E-state index contributed by atoms with van der Waals surface area (Å²) in [7, 11) is 0. The highest BCUT2D eigenvalue weighted by Gasteiger charge is 2.50. The molecule has 0 amide bonds. The smallest absolute Gasteiger partial charge is 0.324 e. The van der Waals surface area contributed by atoms with E-state index >= 15 is 0 Å². The normalized spacial score (nSPS) is 11.3. The third-order valence-electron chi connectivity index (χ3n) is 4.14. The van der Waals surface area contributed by atoms with Crippen LogP contribution in [0.3, 0.4) is 0 Å². The fourth-order valence-electron chi connectivity index (χ4n) is 2.48. The molecule has 4 heteroatoms. The lowest BCUT2D eigenvalue weighted by Crippen LogP contribution is -2.46. The molecule has 0 heterocycles. The predicted octanol–water partition coefficient (Wildman–Crippen LogP) is 4.67. The molecule has 4 nitrogen and oxygen atoms in total. The summed E-state index contributed by atoms with van der Waals surface area (Å²) in [6, 6.07) is 0. The third-order valence-corrected chi connectivity index (χ3v) is 4.14. The molecule has 134 valence electrons. The van der Waals surface area contributed by atoms with E-state index in [1.165, 1.54) is 0 Å². The molecule has 0 atom stereocenters. The van der Waals surface area contributed by atoms with Crippen molar-refractivity contribution in [1.82, 2.24) is 0 Å². The van der Waals surface area contributed by atoms with Crippen molar-refractivity contribution in [2.24, 2.45) is 11.3 Å². The van der Waals surface area contributed by atoms with Gasteiger partial charge in [0.15, 0.2) is 5.41 Å². The highest BCUT2D eigenvalue weighted by Crippen LogP contribution is 2.35. The van der Waals surface area contributed by atoms with Crippen LogP contribution in [-0.4, -0.2) is 25.2 Å². The van der Waals surface area contributed by atoms with Crippen LogP contribution in [0.15, 0.2) is 12.7 Å². The van der Waals surface area contributed by atoms with Crippen LogP contribution >= 0.6 is 0 Å². The Hall–Kier alpha value is -1.32. The Morgan fingerprint density at radius 1 is 0.957 bits per heavy atom. The van der Waals surface area contributed by atoms with Gasteiger partial charge in [-0.15, -0.1) is 6.58 Å². The van der Waals surface area contributed by atoms with E-state index in [0.717, 1.165) is 38.5 Å². The zero-order valence-corrected chi connectivity index (χ0v) is 15.4. The lowest BCUT2D eigenvalue weighted by atomic mass is 9.74. The standard InChI is InChI=1S/C19H34O4/c1-6-9-11-14-22-17(20)19(13-8-3,16(4)5)18(21)23-15-12-10-7-2/h8,16H,3,6-7,9-15H2,1-2,4-5H3. The number of carbonyl (C=O) groups is 2. The molecule has 0 aromatic carbocycles. The van der Waals surface area contributed by atoms with Gasteiger partial charge in [0.1, 0.15) is 0 Å². The second-order valence-electron chi connectivity index (χ2n) is 6.30. The van der Waals surface area contributed by atoms with Gasteiger partial charge in [0, 0.05) is 0 Å². The van der Waals surface area contributed by atoms with Gasteiger partial charge >= 0.3 is 11.9 Å². The minimum Gasteiger partial charge on any atom is -0.465 e. The van der Waals surface area contributed by atoms with Crippen LogP contribution in [0.1, 0.15) is 72.6 Å². The van der Waals surface area contributed by atoms with Gasteiger partial charge in [0.25, 0.3) is 0 Å². The minimum atomic E-state index is -1.28. The van der Waals surface area contributed by atoms with Crippen LogP contribution in [0, 0.1) is 11.3 Å². The first-order chi connectivity index (χ1) is 11.0. The van der Waals surface area contributed by atoms with E-state index in [1.807, 2.05) is 13.8 Å². The summed E-state index contributed by atoms with van der Waals surface area (Å²) in [5.41, 5.74) is -1.28. The first-order valence-corrected chi connectivity index (χ1v) is 8.92. The van der Waals surface area contributed by atoms with Crippen LogP contribution in [0.25, 0.3) is 0 Å². The molecule has 0 saturated heterocycles. The molecule has 0 aliphatic carbocycles. The zero-order chi connectivity index (χ0) is 17.7. The van der Waals surface area contributed by atoms with Gasteiger partial charge in [0.2, 0.25) is 0 Å². The van der Waals surface area contributed by atoms with Gasteiger partial charge in [-0.25, -0.2) is 0 Å². The van der Waals surface area contributed by atoms with E-state index in [0.29, 0.717) is 13.2 Å². The molecule has 0 aliphatic rings. The van der Waals surface area contributed by atoms with E-state index in [1.54, 1.807) is 6.08 Å². The topological polar surface area (TPSA) is 52.6 Å². The van der Waals surface area contributed by atoms with Crippen LogP contribution in [0.5, 0.6) is 0 Å². The van der Waals surface area contributed by atoms with Crippen molar-refractivity contribution < 1.29 is 19.1 Å². The van der Waals surface area contributed by atoms with Gasteiger partial charge in [-0.3, -0.25) is 9.59 Å². The summed E-state index contributed by atoms with van der Waals surface area (Å²) in [4.78, 5) is 25.2. The Bertz CT molecular complexity index is 336. The maximum atomic E-state index is 12.6. The number of allylic oxidation sites excluding steroid dienone is 1. The Kier molecular flexibility index (Phi) is 11.4. The van der Waals surface area contributed by atoms with Crippen molar-refractivity contribution in [2.45, 2.75) is 72.6 Å². The molecule has 0 spiro atoms. The van der Waals surface area contributed by atoms with E-state index < -0.39 is 17.4 Å². The second kappa shape index (κ2) is 12.1. The summed E-state index contributed by atoms with van der Waals surface area (Å²) < 4.78 is 10.8. The highest BCUT2D eigenvalue weighted by molar-refractivity contribution is 6.00. The molecular weight excluding hydrogens is 292 g/mol. The summed E-state index contributed by atoms with van der Waals surface area (Å²) in [5, 5.41) is 0. The average Bonchev–Trinajstić information content (AvgIpc) is 2.52. The maximum Gasteiger partial charge on any atom is 0.324 e. The number of hydrogen-bond donors (Lipinski definition) is 0. The van der Waals surface area contributed by atoms with Gasteiger partial charge in [-0.2, -0.15) is 0 Å². The first-order valence-electron chi connectivity index (χ1n) is 8.92. The Morgan fingerprint density at radius 2 is 1.39 bits per heavy atom. The molecule has 0 radical (unpaired) electrons. The molecule has 0 bridgehead atoms. The number of esters is 2. The average molecular weight is 326 g/mol. The minimum absolute atomic E-state index is 0.210. The van der Waals surface area contributed by atoms with E-state index in [2.05, 4.69) is 20.4 Å². The van der Waals surface area contributed by atoms with Gasteiger partial charge in [-0.05, 0) is 25.2 Å². The number of carbonyl (C=O) groups excluding carboxylic acids is 2. The van der Waals surface area contributed by atoms with E-state index in [-0.39, 0.29) is 12.3 Å². The molecule has 0 N–H and O–H groups in total. The molecule has 0 aromatic heterocycles. The Morgan fingerprint density at radius 3 is 1.70 bits per heavy atom. The van der Waals surface area contributed by atoms with E-state index in [9.17, 15) is 9.59 Å². The zero-order valence-electron chi connectivity index (χ0n) is 15.4. The molecule has 0 aliphatic heterocycles. The number of rotatable bonds is 13. The lowest BCUT2D eigenvalue weighted by molar-refractivity contribution is -0.176. The van der Waals surface area contributed by atoms with Crippen molar-refractivity contribution in [3.05, 3.63) is 12.7 Å². The summed E-state index contributed by atoms with van der Waals surface area (Å²) in [6.45, 7) is 12.3. The largest absolute Gasteiger partial charge is 0.465 e. The van der Waals surface area contributed by atoms with E-state index in [4.69, 9.17) is 9.47 Å². The van der Waals surface area contributed by atoms with Gasteiger partial charge < -0.3 is 9.47 Å². The van der Waals surface area contributed by atoms with Gasteiger partial charge in [-0.1, -0.05) is 59.5 Å². The number of hydrogen-bond acceptors (Lipinski definition) is 4. The van der Waals surface area contributed by atoms with Crippen molar-refractivity contribution in [2.75, 3.05) is 13.2 Å². The summed E-state index contributed by atoms with van der Waals surface area (Å²) in [6.07, 6.45) is 7.59. The highest BCUT2D eigenvalue weighted by atomic mass is 16.6. The summed E-state index contributed by atoms with van der Waals surface area (Å²) in [5.74, 6) is -1.18. The van der Waals surface area contributed by atoms with Crippen molar-refractivity contribution >= 4 is 11.9 Å². The lowest BCUT2D eigenvalue weighted by Gasteiger charge is -2.32. The molecule has 23 heavy (non-hydrogen) atoms. The van der Waals surface area contributed by atoms with Crippen molar-refractivity contribution in [3.8, 4) is 0 Å². The summed E-state index contributed by atoms with van der Waals surface area (Å²) >= 11 is 0. The predicted molar refractivity (Wildman–Crippen MR) is 93.1 cm³/mol. The van der Waals surface area contributed by atoms with Crippen molar-refractivity contribution in [3.63, 3.8) is 0 Å². The van der Waals surface area contributed by atoms with Crippen LogP contribution in [-0.2, 0) is 19.1 Å². The fraction of sp³-hybridized carbons (Fsp3) is 0.789. The SMILES string of the molecule is C=CCC(C(=O)OCCCCC)(C(=O)OCCCCC)C(C)C. The molecule has 0 rings (SSSR count). The number of ether oxygens (including phenoxy) is 2. The number of unbranched alkanes of at least 4 members (excludes halogenated alkanes) is 4. The Labute approximate surface area is 141 Å². The molecule has 0 saturated carbocycles. The quantitative estimate of drug-likeness (QED) is 0.213. The second-order valence-corrected chi connectivity index (χ2v) is 6.30. The fourth-order valence-corrected chi connectivity index (χ4v) is 2.48.